The van der Waals surface area contributed by atoms with Gasteiger partial charge in [-0.15, -0.1) is 0 Å². The third-order valence-corrected chi connectivity index (χ3v) is 0.828. The lowest BCUT2D eigenvalue weighted by atomic mass is 10.3. The maximum absolute atomic E-state index is 5.25. The van der Waals surface area contributed by atoms with Crippen LogP contribution in [0, 0.1) is 0 Å². The monoisotopic (exact) mass is 113 g/mol. The fourth-order valence-corrected chi connectivity index (χ4v) is 0.392. The maximum atomic E-state index is 5.25. The minimum atomic E-state index is 0.486. The number of hydrogen-bond donors (Lipinski definition) is 1. The predicted molar refractivity (Wildman–Crippen MR) is 28.4 cm³/mol. The molecule has 1 rings (SSSR count). The second-order valence-corrected chi connectivity index (χ2v) is 1.39. The van der Waals surface area contributed by atoms with Crippen molar-refractivity contribution in [2.45, 2.75) is 0 Å². The van der Waals surface area contributed by atoms with Gasteiger partial charge in [-0.1, -0.05) is 0 Å². The average Bonchev–Trinajstić information content (AvgIpc) is 1.90. The van der Waals surface area contributed by atoms with Gasteiger partial charge in [-0.25, -0.2) is 0 Å². The van der Waals surface area contributed by atoms with Gasteiger partial charge in [0.15, 0.2) is 0 Å². The maximum Gasteiger partial charge on any atom is 0.147 e. The molecule has 1 aliphatic heterocycles. The molecule has 0 aliphatic carbocycles. The highest BCUT2D eigenvalue weighted by Gasteiger charge is 1.92. The summed E-state index contributed by atoms with van der Waals surface area (Å²) in [6, 6.07) is 0. The van der Waals surface area contributed by atoms with E-state index >= 15 is 0 Å². The van der Waals surface area contributed by atoms with Crippen molar-refractivity contribution in [1.29, 1.82) is 0 Å². The Bertz CT molecular complexity index is 128. The van der Waals surface area contributed by atoms with Gasteiger partial charge in [0.2, 0.25) is 0 Å². The molecule has 0 unspecified atom stereocenters. The minimum absolute atomic E-state index is 0.486. The molecular formula is C5H7NO2. The summed E-state index contributed by atoms with van der Waals surface area (Å²) in [5.74, 6) is 0. The van der Waals surface area contributed by atoms with E-state index in [9.17, 15) is 0 Å². The van der Waals surface area contributed by atoms with Crippen LogP contribution in [0.2, 0.25) is 0 Å². The molecule has 3 nitrogen and oxygen atoms in total. The van der Waals surface area contributed by atoms with Gasteiger partial charge in [0.05, 0.1) is 0 Å². The van der Waals surface area contributed by atoms with Crippen molar-refractivity contribution in [2.24, 2.45) is 5.73 Å². The highest BCUT2D eigenvalue weighted by Crippen LogP contribution is 2.01. The van der Waals surface area contributed by atoms with Crippen LogP contribution in [-0.2, 0) is 9.78 Å². The molecule has 2 N–H and O–H groups in total. The summed E-state index contributed by atoms with van der Waals surface area (Å²) < 4.78 is 0. The zero-order valence-electron chi connectivity index (χ0n) is 4.33. The summed E-state index contributed by atoms with van der Waals surface area (Å²) in [4.78, 5) is 8.83. The van der Waals surface area contributed by atoms with Crippen molar-refractivity contribution in [2.75, 3.05) is 6.54 Å². The topological polar surface area (TPSA) is 44.5 Å². The number of nitrogens with two attached hydrogens (primary N) is 1. The number of rotatable bonds is 1. The Morgan fingerprint density at radius 1 is 1.50 bits per heavy atom. The summed E-state index contributed by atoms with van der Waals surface area (Å²) in [6.45, 7) is 0.486. The standard InChI is InChI=1S/C5H7NO2/c6-3-5-1-2-7-8-4-5/h1-2,4H,3,6H2. The van der Waals surface area contributed by atoms with E-state index in [-0.39, 0.29) is 0 Å². The first kappa shape index (κ1) is 5.18. The first-order chi connectivity index (χ1) is 3.93. The van der Waals surface area contributed by atoms with Gasteiger partial charge < -0.3 is 5.73 Å². The average molecular weight is 113 g/mol. The Morgan fingerprint density at radius 3 is 2.75 bits per heavy atom. The van der Waals surface area contributed by atoms with Crippen LogP contribution in [0.3, 0.4) is 0 Å². The predicted octanol–water partition coefficient (Wildman–Crippen LogP) is 0.305. The van der Waals surface area contributed by atoms with Crippen LogP contribution in [0.25, 0.3) is 0 Å². The van der Waals surface area contributed by atoms with Gasteiger partial charge in [-0.05, 0) is 6.08 Å². The first-order valence-corrected chi connectivity index (χ1v) is 2.31. The molecule has 0 fully saturated rings. The lowest BCUT2D eigenvalue weighted by Crippen LogP contribution is -2.03. The van der Waals surface area contributed by atoms with Gasteiger partial charge in [0, 0.05) is 12.1 Å². The van der Waals surface area contributed by atoms with Gasteiger partial charge in [0.1, 0.15) is 12.5 Å². The molecule has 0 aromatic carbocycles. The molecule has 0 saturated heterocycles. The lowest BCUT2D eigenvalue weighted by Gasteiger charge is -2.02. The van der Waals surface area contributed by atoms with Gasteiger partial charge in [-0.2, -0.15) is 0 Å². The van der Waals surface area contributed by atoms with E-state index in [4.69, 9.17) is 5.73 Å². The molecule has 44 valence electrons. The Morgan fingerprint density at radius 2 is 2.38 bits per heavy atom. The Kier molecular flexibility index (Phi) is 1.54. The lowest BCUT2D eigenvalue weighted by molar-refractivity contribution is -0.199. The van der Waals surface area contributed by atoms with E-state index < -0.39 is 0 Å². The van der Waals surface area contributed by atoms with Crippen LogP contribution < -0.4 is 5.73 Å². The zero-order valence-corrected chi connectivity index (χ0v) is 4.33. The summed E-state index contributed by atoms with van der Waals surface area (Å²) in [7, 11) is 0. The van der Waals surface area contributed by atoms with Crippen molar-refractivity contribution in [3.63, 3.8) is 0 Å². The molecule has 3 heteroatoms. The summed E-state index contributed by atoms with van der Waals surface area (Å²) in [6.07, 6.45) is 4.67. The van der Waals surface area contributed by atoms with Crippen LogP contribution >= 0.6 is 0 Å². The quantitative estimate of drug-likeness (QED) is 0.497. The van der Waals surface area contributed by atoms with Crippen LogP contribution in [0.15, 0.2) is 24.2 Å². The van der Waals surface area contributed by atoms with Crippen LogP contribution in [-0.4, -0.2) is 6.54 Å². The molecule has 0 aromatic heterocycles. The largest absolute Gasteiger partial charge is 0.326 e. The molecule has 0 spiro atoms. The number of hydrogen-bond acceptors (Lipinski definition) is 3. The van der Waals surface area contributed by atoms with E-state index in [1.165, 1.54) is 12.5 Å². The van der Waals surface area contributed by atoms with Crippen molar-refractivity contribution < 1.29 is 9.78 Å². The molecular weight excluding hydrogens is 106 g/mol. The summed E-state index contributed by atoms with van der Waals surface area (Å²) in [5.41, 5.74) is 6.18. The second-order valence-electron chi connectivity index (χ2n) is 1.39. The molecule has 0 saturated carbocycles. The molecule has 0 atom stereocenters. The van der Waals surface area contributed by atoms with E-state index in [0.29, 0.717) is 6.54 Å². The second kappa shape index (κ2) is 2.37. The Hall–Kier alpha value is -0.960. The SMILES string of the molecule is NCC1=COOC=C1. The smallest absolute Gasteiger partial charge is 0.147 e. The first-order valence-electron chi connectivity index (χ1n) is 2.31. The van der Waals surface area contributed by atoms with Gasteiger partial charge >= 0.3 is 0 Å². The van der Waals surface area contributed by atoms with Gasteiger partial charge in [0.25, 0.3) is 0 Å². The minimum Gasteiger partial charge on any atom is -0.326 e. The van der Waals surface area contributed by atoms with Crippen molar-refractivity contribution in [3.8, 4) is 0 Å². The fourth-order valence-electron chi connectivity index (χ4n) is 0.392. The fraction of sp³-hybridized carbons (Fsp3) is 0.200. The molecule has 1 aliphatic rings. The Balaban J connectivity index is 2.51. The van der Waals surface area contributed by atoms with Crippen LogP contribution in [0.4, 0.5) is 0 Å². The molecule has 0 aromatic rings. The van der Waals surface area contributed by atoms with Gasteiger partial charge in [-0.3, -0.25) is 9.78 Å². The van der Waals surface area contributed by atoms with Crippen molar-refractivity contribution in [3.05, 3.63) is 24.2 Å². The molecule has 0 bridgehead atoms. The molecule has 8 heavy (non-hydrogen) atoms. The molecule has 0 radical (unpaired) electrons. The normalized spacial score (nSPS) is 16.4. The molecule has 1 heterocycles. The molecule has 0 amide bonds. The van der Waals surface area contributed by atoms with Crippen LogP contribution in [0.1, 0.15) is 0 Å². The van der Waals surface area contributed by atoms with E-state index in [2.05, 4.69) is 9.78 Å². The highest BCUT2D eigenvalue weighted by atomic mass is 17.2. The highest BCUT2D eigenvalue weighted by molar-refractivity contribution is 5.16. The van der Waals surface area contributed by atoms with E-state index in [0.717, 1.165) is 5.57 Å². The van der Waals surface area contributed by atoms with Crippen molar-refractivity contribution >= 4 is 0 Å². The van der Waals surface area contributed by atoms with E-state index in [1.54, 1.807) is 6.08 Å². The zero-order chi connectivity index (χ0) is 5.82. The summed E-state index contributed by atoms with van der Waals surface area (Å²) in [5, 5.41) is 0. The third-order valence-electron chi connectivity index (χ3n) is 0.828. The third kappa shape index (κ3) is 1.01. The van der Waals surface area contributed by atoms with E-state index in [1.807, 2.05) is 0 Å². The summed E-state index contributed by atoms with van der Waals surface area (Å²) >= 11 is 0. The Labute approximate surface area is 47.3 Å². The van der Waals surface area contributed by atoms with Crippen molar-refractivity contribution in [1.82, 2.24) is 0 Å². The van der Waals surface area contributed by atoms with Crippen LogP contribution in [0.5, 0.6) is 0 Å².